The molecule has 0 N–H and O–H groups in total. The van der Waals surface area contributed by atoms with Gasteiger partial charge in [-0.3, -0.25) is 0 Å². The standard InChI is InChI=1S/C19H39N3/c1-17(2)16-22-12-8-19(9-13-22)6-10-21(11-7-19)15-14-20(5)18(3)4/h17-18H,6-16H2,1-5H3. The molecule has 0 atom stereocenters. The first kappa shape index (κ1) is 18.2. The summed E-state index contributed by atoms with van der Waals surface area (Å²) in [4.78, 5) is 7.86. The number of likely N-dealkylation sites (N-methyl/N-ethyl adjacent to an activating group) is 1. The van der Waals surface area contributed by atoms with E-state index in [9.17, 15) is 0 Å². The zero-order chi connectivity index (χ0) is 16.2. The fourth-order valence-corrected chi connectivity index (χ4v) is 4.03. The molecule has 0 aromatic rings. The number of rotatable bonds is 6. The van der Waals surface area contributed by atoms with Crippen molar-refractivity contribution in [2.24, 2.45) is 11.3 Å². The highest BCUT2D eigenvalue weighted by Gasteiger charge is 2.37. The van der Waals surface area contributed by atoms with Gasteiger partial charge in [-0.2, -0.15) is 0 Å². The van der Waals surface area contributed by atoms with Gasteiger partial charge in [0.2, 0.25) is 0 Å². The number of piperidine rings is 2. The first-order chi connectivity index (χ1) is 10.4. The van der Waals surface area contributed by atoms with Gasteiger partial charge in [0.05, 0.1) is 0 Å². The molecule has 1 spiro atoms. The summed E-state index contributed by atoms with van der Waals surface area (Å²) >= 11 is 0. The largest absolute Gasteiger partial charge is 0.303 e. The fourth-order valence-electron chi connectivity index (χ4n) is 4.03. The van der Waals surface area contributed by atoms with E-state index in [1.807, 2.05) is 0 Å². The molecular formula is C19H39N3. The molecule has 0 aromatic carbocycles. The lowest BCUT2D eigenvalue weighted by molar-refractivity contribution is 0.0287. The SMILES string of the molecule is CC(C)CN1CCC2(CCN(CCN(C)C(C)C)CC2)CC1. The number of nitrogens with zero attached hydrogens (tertiary/aromatic N) is 3. The minimum Gasteiger partial charge on any atom is -0.303 e. The average molecular weight is 310 g/mol. The van der Waals surface area contributed by atoms with Crippen LogP contribution in [-0.2, 0) is 0 Å². The molecule has 0 saturated carbocycles. The van der Waals surface area contributed by atoms with Crippen LogP contribution in [0.5, 0.6) is 0 Å². The fraction of sp³-hybridized carbons (Fsp3) is 1.00. The van der Waals surface area contributed by atoms with Crippen molar-refractivity contribution >= 4 is 0 Å². The molecule has 3 heteroatoms. The molecule has 2 saturated heterocycles. The highest BCUT2D eigenvalue weighted by molar-refractivity contribution is 4.90. The smallest absolute Gasteiger partial charge is 0.0109 e. The van der Waals surface area contributed by atoms with Crippen LogP contribution in [0.2, 0.25) is 0 Å². The summed E-state index contributed by atoms with van der Waals surface area (Å²) in [5.41, 5.74) is 0.688. The van der Waals surface area contributed by atoms with Crippen LogP contribution >= 0.6 is 0 Å². The summed E-state index contributed by atoms with van der Waals surface area (Å²) in [5, 5.41) is 0. The second-order valence-electron chi connectivity index (χ2n) is 8.61. The van der Waals surface area contributed by atoms with Gasteiger partial charge in [-0.1, -0.05) is 13.8 Å². The molecule has 2 heterocycles. The van der Waals surface area contributed by atoms with E-state index in [0.717, 1.165) is 5.92 Å². The minimum atomic E-state index is 0.668. The molecule has 0 bridgehead atoms. The van der Waals surface area contributed by atoms with Crippen LogP contribution < -0.4 is 0 Å². The van der Waals surface area contributed by atoms with Gasteiger partial charge in [-0.05, 0) is 84.1 Å². The van der Waals surface area contributed by atoms with Crippen molar-refractivity contribution in [2.45, 2.75) is 59.4 Å². The van der Waals surface area contributed by atoms with Crippen molar-refractivity contribution in [3.05, 3.63) is 0 Å². The predicted octanol–water partition coefficient (Wildman–Crippen LogP) is 3.16. The second-order valence-corrected chi connectivity index (χ2v) is 8.61. The monoisotopic (exact) mass is 309 g/mol. The molecule has 2 aliphatic heterocycles. The first-order valence-corrected chi connectivity index (χ1v) is 9.55. The Morgan fingerprint density at radius 2 is 1.36 bits per heavy atom. The highest BCUT2D eigenvalue weighted by atomic mass is 15.2. The van der Waals surface area contributed by atoms with Gasteiger partial charge >= 0.3 is 0 Å². The van der Waals surface area contributed by atoms with E-state index in [2.05, 4.69) is 49.4 Å². The molecule has 0 aromatic heterocycles. The third-order valence-corrected chi connectivity index (χ3v) is 6.11. The molecule has 2 aliphatic rings. The first-order valence-electron chi connectivity index (χ1n) is 9.55. The summed E-state index contributed by atoms with van der Waals surface area (Å²) in [5.74, 6) is 0.814. The summed E-state index contributed by atoms with van der Waals surface area (Å²) in [6.45, 7) is 18.4. The van der Waals surface area contributed by atoms with E-state index in [1.165, 1.54) is 71.5 Å². The molecule has 0 radical (unpaired) electrons. The maximum absolute atomic E-state index is 2.70. The van der Waals surface area contributed by atoms with E-state index in [4.69, 9.17) is 0 Å². The molecule has 2 fully saturated rings. The lowest BCUT2D eigenvalue weighted by atomic mass is 9.71. The van der Waals surface area contributed by atoms with Gasteiger partial charge in [0.15, 0.2) is 0 Å². The Kier molecular flexibility index (Phi) is 6.73. The Balaban J connectivity index is 1.69. The summed E-state index contributed by atoms with van der Waals surface area (Å²) in [7, 11) is 2.25. The molecule has 0 unspecified atom stereocenters. The predicted molar refractivity (Wildman–Crippen MR) is 96.4 cm³/mol. The topological polar surface area (TPSA) is 9.72 Å². The number of hydrogen-bond acceptors (Lipinski definition) is 3. The Bertz CT molecular complexity index is 309. The summed E-state index contributed by atoms with van der Waals surface area (Å²) in [6, 6.07) is 0.668. The van der Waals surface area contributed by atoms with E-state index < -0.39 is 0 Å². The van der Waals surface area contributed by atoms with Crippen LogP contribution in [-0.4, -0.2) is 73.6 Å². The van der Waals surface area contributed by atoms with E-state index in [1.54, 1.807) is 0 Å². The van der Waals surface area contributed by atoms with Gasteiger partial charge in [0, 0.05) is 25.7 Å². The highest BCUT2D eigenvalue weighted by Crippen LogP contribution is 2.41. The van der Waals surface area contributed by atoms with E-state index in [-0.39, 0.29) is 0 Å². The van der Waals surface area contributed by atoms with Crippen LogP contribution in [0.3, 0.4) is 0 Å². The quantitative estimate of drug-likeness (QED) is 0.746. The number of hydrogen-bond donors (Lipinski definition) is 0. The molecule has 130 valence electrons. The average Bonchev–Trinajstić information content (AvgIpc) is 2.48. The maximum atomic E-state index is 2.70. The maximum Gasteiger partial charge on any atom is 0.0109 e. The molecule has 22 heavy (non-hydrogen) atoms. The van der Waals surface area contributed by atoms with Crippen molar-refractivity contribution in [3.8, 4) is 0 Å². The molecule has 0 amide bonds. The van der Waals surface area contributed by atoms with Crippen molar-refractivity contribution in [1.29, 1.82) is 0 Å². The van der Waals surface area contributed by atoms with Crippen molar-refractivity contribution in [1.82, 2.24) is 14.7 Å². The Morgan fingerprint density at radius 3 is 1.82 bits per heavy atom. The van der Waals surface area contributed by atoms with Crippen LogP contribution in [0, 0.1) is 11.3 Å². The number of likely N-dealkylation sites (tertiary alicyclic amines) is 2. The molecule has 3 nitrogen and oxygen atoms in total. The van der Waals surface area contributed by atoms with Crippen molar-refractivity contribution in [3.63, 3.8) is 0 Å². The third-order valence-electron chi connectivity index (χ3n) is 6.11. The molecule has 0 aliphatic carbocycles. The summed E-state index contributed by atoms with van der Waals surface area (Å²) in [6.07, 6.45) is 5.76. The Morgan fingerprint density at radius 1 is 0.864 bits per heavy atom. The lowest BCUT2D eigenvalue weighted by Crippen LogP contribution is -2.48. The van der Waals surface area contributed by atoms with E-state index in [0.29, 0.717) is 11.5 Å². The van der Waals surface area contributed by atoms with Gasteiger partial charge in [-0.15, -0.1) is 0 Å². The van der Waals surface area contributed by atoms with Gasteiger partial charge in [0.25, 0.3) is 0 Å². The normalized spacial score (nSPS) is 24.0. The van der Waals surface area contributed by atoms with Crippen LogP contribution in [0.4, 0.5) is 0 Å². The van der Waals surface area contributed by atoms with E-state index >= 15 is 0 Å². The van der Waals surface area contributed by atoms with Crippen LogP contribution in [0.25, 0.3) is 0 Å². The van der Waals surface area contributed by atoms with Crippen molar-refractivity contribution < 1.29 is 0 Å². The second kappa shape index (κ2) is 8.12. The van der Waals surface area contributed by atoms with Gasteiger partial charge < -0.3 is 14.7 Å². The molecular weight excluding hydrogens is 270 g/mol. The summed E-state index contributed by atoms with van der Waals surface area (Å²) < 4.78 is 0. The Hall–Kier alpha value is -0.120. The minimum absolute atomic E-state index is 0.668. The van der Waals surface area contributed by atoms with Crippen LogP contribution in [0.1, 0.15) is 53.4 Å². The Labute approximate surface area is 139 Å². The van der Waals surface area contributed by atoms with Crippen LogP contribution in [0.15, 0.2) is 0 Å². The molecule has 2 rings (SSSR count). The third kappa shape index (κ3) is 5.21. The zero-order valence-corrected chi connectivity index (χ0v) is 15.8. The lowest BCUT2D eigenvalue weighted by Gasteiger charge is -2.47. The van der Waals surface area contributed by atoms with Crippen molar-refractivity contribution in [2.75, 3.05) is 52.9 Å². The van der Waals surface area contributed by atoms with Gasteiger partial charge in [-0.25, -0.2) is 0 Å². The zero-order valence-electron chi connectivity index (χ0n) is 15.8. The van der Waals surface area contributed by atoms with Gasteiger partial charge in [0.1, 0.15) is 0 Å².